The lowest BCUT2D eigenvalue weighted by Crippen LogP contribution is -2.07. The zero-order chi connectivity index (χ0) is 13.7. The molecule has 0 radical (unpaired) electrons. The summed E-state index contributed by atoms with van der Waals surface area (Å²) >= 11 is 5.84. The maximum absolute atomic E-state index is 13.5. The lowest BCUT2D eigenvalue weighted by atomic mass is 10.3. The van der Waals surface area contributed by atoms with E-state index in [4.69, 9.17) is 16.3 Å². The highest BCUT2D eigenvalue weighted by molar-refractivity contribution is 6.32. The van der Waals surface area contributed by atoms with Crippen LogP contribution in [0.5, 0.6) is 5.75 Å². The summed E-state index contributed by atoms with van der Waals surface area (Å²) in [6.07, 6.45) is 0.971. The van der Waals surface area contributed by atoms with Gasteiger partial charge >= 0.3 is 0 Å². The summed E-state index contributed by atoms with van der Waals surface area (Å²) in [7, 11) is 0. The summed E-state index contributed by atoms with van der Waals surface area (Å²) in [6.45, 7) is 5.01. The number of benzene rings is 1. The molecule has 0 saturated heterocycles. The van der Waals surface area contributed by atoms with Gasteiger partial charge in [-0.15, -0.1) is 0 Å². The number of hydrogen-bond donors (Lipinski definition) is 1. The number of nitrogens with zero attached hydrogens (tertiary/aromatic N) is 1. The number of carbonyl (C=O) groups is 1. The van der Waals surface area contributed by atoms with E-state index in [2.05, 4.69) is 10.5 Å². The molecular formula is C12H14ClFN2O2. The number of anilines is 1. The molecule has 0 fully saturated rings. The van der Waals surface area contributed by atoms with Crippen LogP contribution in [0.15, 0.2) is 17.2 Å². The molecular weight excluding hydrogens is 259 g/mol. The highest BCUT2D eigenvalue weighted by atomic mass is 35.5. The second-order valence-corrected chi connectivity index (χ2v) is 4.32. The Hall–Kier alpha value is -1.62. The first-order chi connectivity index (χ1) is 8.40. The fourth-order valence-electron chi connectivity index (χ4n) is 1.15. The van der Waals surface area contributed by atoms with Gasteiger partial charge in [0.05, 0.1) is 23.0 Å². The van der Waals surface area contributed by atoms with Crippen LogP contribution in [0.1, 0.15) is 20.8 Å². The van der Waals surface area contributed by atoms with Crippen molar-refractivity contribution in [2.24, 2.45) is 5.10 Å². The zero-order valence-corrected chi connectivity index (χ0v) is 11.1. The second-order valence-electron chi connectivity index (χ2n) is 3.91. The van der Waals surface area contributed by atoms with Gasteiger partial charge in [-0.05, 0) is 19.9 Å². The highest BCUT2D eigenvalue weighted by Gasteiger charge is 2.10. The molecule has 1 N–H and O–H groups in total. The van der Waals surface area contributed by atoms with Crippen molar-refractivity contribution in [1.29, 1.82) is 0 Å². The number of carbonyl (C=O) groups excluding carboxylic acids is 1. The lowest BCUT2D eigenvalue weighted by Gasteiger charge is -2.13. The smallest absolute Gasteiger partial charge is 0.172 e. The molecule has 18 heavy (non-hydrogen) atoms. The SMILES string of the molecule is CC(=O)/C=N\Nc1cc(OC(C)C)c(Cl)cc1F. The van der Waals surface area contributed by atoms with Crippen molar-refractivity contribution in [3.8, 4) is 5.75 Å². The third-order valence-corrected chi connectivity index (χ3v) is 2.11. The van der Waals surface area contributed by atoms with Gasteiger partial charge in [0.15, 0.2) is 5.78 Å². The molecule has 0 heterocycles. The van der Waals surface area contributed by atoms with E-state index in [0.717, 1.165) is 12.3 Å². The van der Waals surface area contributed by atoms with Crippen molar-refractivity contribution in [3.63, 3.8) is 0 Å². The molecule has 0 saturated carbocycles. The Morgan fingerprint density at radius 2 is 2.22 bits per heavy atom. The minimum absolute atomic E-state index is 0.0819. The van der Waals surface area contributed by atoms with Crippen molar-refractivity contribution in [3.05, 3.63) is 23.0 Å². The van der Waals surface area contributed by atoms with Crippen LogP contribution in [0.4, 0.5) is 10.1 Å². The van der Waals surface area contributed by atoms with Crippen LogP contribution < -0.4 is 10.2 Å². The van der Waals surface area contributed by atoms with Gasteiger partial charge in [-0.1, -0.05) is 11.6 Å². The van der Waals surface area contributed by atoms with E-state index in [1.165, 1.54) is 13.0 Å². The van der Waals surface area contributed by atoms with E-state index < -0.39 is 5.82 Å². The topological polar surface area (TPSA) is 50.7 Å². The van der Waals surface area contributed by atoms with Gasteiger partial charge < -0.3 is 4.74 Å². The molecule has 98 valence electrons. The van der Waals surface area contributed by atoms with Crippen molar-refractivity contribution >= 4 is 29.3 Å². The van der Waals surface area contributed by atoms with Crippen molar-refractivity contribution in [1.82, 2.24) is 0 Å². The van der Waals surface area contributed by atoms with Crippen LogP contribution >= 0.6 is 11.6 Å². The molecule has 1 rings (SSSR count). The van der Waals surface area contributed by atoms with E-state index in [9.17, 15) is 9.18 Å². The van der Waals surface area contributed by atoms with Gasteiger partial charge in [0.2, 0.25) is 0 Å². The van der Waals surface area contributed by atoms with E-state index in [-0.39, 0.29) is 22.6 Å². The Kier molecular flexibility index (Phi) is 5.09. The summed E-state index contributed by atoms with van der Waals surface area (Å²) in [5, 5.41) is 3.77. The molecule has 4 nitrogen and oxygen atoms in total. The number of ketones is 1. The van der Waals surface area contributed by atoms with Crippen LogP contribution in [-0.2, 0) is 4.79 Å². The predicted octanol–water partition coefficient (Wildman–Crippen LogP) is 3.25. The normalized spacial score (nSPS) is 11.0. The molecule has 6 heteroatoms. The number of hydrazone groups is 1. The first kappa shape index (κ1) is 14.4. The summed E-state index contributed by atoms with van der Waals surface area (Å²) < 4.78 is 18.9. The van der Waals surface area contributed by atoms with Crippen molar-refractivity contribution < 1.29 is 13.9 Å². The number of Topliss-reactive ketones (excluding diaryl/α,β-unsaturated/α-hetero) is 1. The minimum atomic E-state index is -0.572. The summed E-state index contributed by atoms with van der Waals surface area (Å²) in [4.78, 5) is 10.7. The Morgan fingerprint density at radius 3 is 2.78 bits per heavy atom. The molecule has 1 aromatic carbocycles. The number of nitrogens with one attached hydrogen (secondary N) is 1. The fourth-order valence-corrected chi connectivity index (χ4v) is 1.35. The molecule has 0 aromatic heterocycles. The third-order valence-electron chi connectivity index (χ3n) is 1.82. The number of rotatable bonds is 5. The van der Waals surface area contributed by atoms with E-state index in [1.807, 2.05) is 13.8 Å². The number of halogens is 2. The average molecular weight is 273 g/mol. The third kappa shape index (κ3) is 4.33. The Labute approximate surface area is 110 Å². The Balaban J connectivity index is 2.94. The fraction of sp³-hybridized carbons (Fsp3) is 0.333. The summed E-state index contributed by atoms with van der Waals surface area (Å²) in [5.41, 5.74) is 2.51. The summed E-state index contributed by atoms with van der Waals surface area (Å²) in [5.74, 6) is -0.457. The van der Waals surface area contributed by atoms with Crippen LogP contribution in [0.25, 0.3) is 0 Å². The average Bonchev–Trinajstić information content (AvgIpc) is 2.23. The van der Waals surface area contributed by atoms with Gasteiger partial charge in [0, 0.05) is 13.0 Å². The van der Waals surface area contributed by atoms with Crippen molar-refractivity contribution in [2.75, 3.05) is 5.43 Å². The summed E-state index contributed by atoms with van der Waals surface area (Å²) in [6, 6.07) is 2.53. The Morgan fingerprint density at radius 1 is 1.56 bits per heavy atom. The molecule has 0 aliphatic carbocycles. The monoisotopic (exact) mass is 272 g/mol. The van der Waals surface area contributed by atoms with Gasteiger partial charge in [-0.25, -0.2) is 4.39 Å². The highest BCUT2D eigenvalue weighted by Crippen LogP contribution is 2.31. The Bertz CT molecular complexity index is 475. The second kappa shape index (κ2) is 6.35. The molecule has 0 unspecified atom stereocenters. The molecule has 1 aromatic rings. The quantitative estimate of drug-likeness (QED) is 0.661. The van der Waals surface area contributed by atoms with Gasteiger partial charge in [-0.2, -0.15) is 5.10 Å². The van der Waals surface area contributed by atoms with E-state index in [0.29, 0.717) is 5.75 Å². The maximum atomic E-state index is 13.5. The predicted molar refractivity (Wildman–Crippen MR) is 70.0 cm³/mol. The van der Waals surface area contributed by atoms with Crippen LogP contribution in [-0.4, -0.2) is 18.1 Å². The molecule has 0 bridgehead atoms. The maximum Gasteiger partial charge on any atom is 0.172 e. The molecule has 0 atom stereocenters. The number of ether oxygens (including phenoxy) is 1. The molecule has 0 spiro atoms. The first-order valence-electron chi connectivity index (χ1n) is 5.35. The zero-order valence-electron chi connectivity index (χ0n) is 10.3. The minimum Gasteiger partial charge on any atom is -0.489 e. The molecule has 0 amide bonds. The van der Waals surface area contributed by atoms with Crippen LogP contribution in [0.3, 0.4) is 0 Å². The van der Waals surface area contributed by atoms with E-state index in [1.54, 1.807) is 0 Å². The lowest BCUT2D eigenvalue weighted by molar-refractivity contribution is -0.110. The largest absolute Gasteiger partial charge is 0.489 e. The van der Waals surface area contributed by atoms with Crippen LogP contribution in [0.2, 0.25) is 5.02 Å². The number of hydrogen-bond acceptors (Lipinski definition) is 4. The molecule has 0 aliphatic rings. The van der Waals surface area contributed by atoms with E-state index >= 15 is 0 Å². The van der Waals surface area contributed by atoms with Gasteiger partial charge in [0.1, 0.15) is 11.6 Å². The van der Waals surface area contributed by atoms with Crippen molar-refractivity contribution in [2.45, 2.75) is 26.9 Å². The van der Waals surface area contributed by atoms with Gasteiger partial charge in [0.25, 0.3) is 0 Å². The van der Waals surface area contributed by atoms with Gasteiger partial charge in [-0.3, -0.25) is 10.2 Å². The molecule has 0 aliphatic heterocycles. The standard InChI is InChI=1S/C12H14ClFN2O2/c1-7(2)18-12-5-11(10(14)4-9(12)13)16-15-6-8(3)17/h4-7,16H,1-3H3/b15-6-. The first-order valence-corrected chi connectivity index (χ1v) is 5.73. The van der Waals surface area contributed by atoms with Crippen LogP contribution in [0, 0.1) is 5.82 Å².